The predicted molar refractivity (Wildman–Crippen MR) is 98.2 cm³/mol. The molecule has 0 spiro atoms. The lowest BCUT2D eigenvalue weighted by Crippen LogP contribution is -2.29. The summed E-state index contributed by atoms with van der Waals surface area (Å²) >= 11 is 4.92. The zero-order valence-electron chi connectivity index (χ0n) is 13.2. The zero-order valence-corrected chi connectivity index (χ0v) is 14.0. The second-order valence-corrected chi connectivity index (χ2v) is 6.30. The molecule has 118 valence electrons. The van der Waals surface area contributed by atoms with Crippen LogP contribution in [0.5, 0.6) is 0 Å². The number of carbonyl (C=O) groups is 1. The third kappa shape index (κ3) is 3.92. The molecule has 1 aliphatic rings. The highest BCUT2D eigenvalue weighted by Crippen LogP contribution is 2.19. The van der Waals surface area contributed by atoms with Crippen molar-refractivity contribution in [3.05, 3.63) is 70.8 Å². The van der Waals surface area contributed by atoms with Gasteiger partial charge in [-0.25, -0.2) is 0 Å². The zero-order chi connectivity index (χ0) is 16.1. The Morgan fingerprint density at radius 2 is 1.70 bits per heavy atom. The summed E-state index contributed by atoms with van der Waals surface area (Å²) in [6.45, 7) is 3.12. The van der Waals surface area contributed by atoms with Gasteiger partial charge in [0.05, 0.1) is 0 Å². The second-order valence-electron chi connectivity index (χ2n) is 6.06. The number of likely N-dealkylation sites (tertiary alicyclic amines) is 1. The molecule has 1 saturated heterocycles. The standard InChI is InChI=1S/C20H21NOS/c22-20(17-10-8-16(15-23)9-11-17)19-7-3-2-6-18(19)14-21-12-4-1-5-13-21/h2-3,6-11,15H,1,4-5,12-14H2. The molecule has 3 rings (SSSR count). The van der Waals surface area contributed by atoms with Gasteiger partial charge in [-0.2, -0.15) is 0 Å². The van der Waals surface area contributed by atoms with Gasteiger partial charge in [0.25, 0.3) is 0 Å². The van der Waals surface area contributed by atoms with Crippen LogP contribution in [0.25, 0.3) is 0 Å². The van der Waals surface area contributed by atoms with Crippen LogP contribution >= 0.6 is 12.2 Å². The quantitative estimate of drug-likeness (QED) is 0.606. The minimum atomic E-state index is 0.0912. The Bertz CT molecular complexity index is 687. The smallest absolute Gasteiger partial charge is 0.193 e. The molecule has 0 aromatic heterocycles. The van der Waals surface area contributed by atoms with Crippen LogP contribution in [-0.2, 0) is 6.54 Å². The lowest BCUT2D eigenvalue weighted by molar-refractivity contribution is 0.103. The number of rotatable bonds is 5. The van der Waals surface area contributed by atoms with Crippen LogP contribution in [0.1, 0.15) is 46.3 Å². The molecule has 1 aliphatic heterocycles. The first-order valence-corrected chi connectivity index (χ1v) is 8.65. The van der Waals surface area contributed by atoms with E-state index in [2.05, 4.69) is 11.0 Å². The highest BCUT2D eigenvalue weighted by atomic mass is 32.1. The molecule has 0 radical (unpaired) electrons. The molecule has 0 aliphatic carbocycles. The molecule has 1 heterocycles. The molecule has 0 atom stereocenters. The Morgan fingerprint density at radius 3 is 2.39 bits per heavy atom. The maximum absolute atomic E-state index is 12.9. The molecule has 2 aromatic carbocycles. The number of piperidine rings is 1. The molecule has 1 fully saturated rings. The lowest BCUT2D eigenvalue weighted by Gasteiger charge is -2.27. The number of thiocarbonyl (C=S) groups is 1. The SMILES string of the molecule is O=C(c1ccc(C=S)cc1)c1ccccc1CN1CCCCC1. The van der Waals surface area contributed by atoms with Gasteiger partial charge in [0.1, 0.15) is 0 Å². The molecule has 3 heteroatoms. The first-order chi connectivity index (χ1) is 11.3. The van der Waals surface area contributed by atoms with E-state index in [0.717, 1.165) is 41.9 Å². The van der Waals surface area contributed by atoms with Gasteiger partial charge in [0.15, 0.2) is 5.78 Å². The first-order valence-electron chi connectivity index (χ1n) is 8.18. The van der Waals surface area contributed by atoms with E-state index in [0.29, 0.717) is 0 Å². The van der Waals surface area contributed by atoms with Gasteiger partial charge >= 0.3 is 0 Å². The molecular weight excluding hydrogens is 302 g/mol. The normalized spacial score (nSPS) is 15.3. The average molecular weight is 323 g/mol. The van der Waals surface area contributed by atoms with Crippen LogP contribution in [0, 0.1) is 0 Å². The van der Waals surface area contributed by atoms with Gasteiger partial charge in [0.2, 0.25) is 0 Å². The average Bonchev–Trinajstić information content (AvgIpc) is 2.62. The summed E-state index contributed by atoms with van der Waals surface area (Å²) in [5.41, 5.74) is 3.61. The summed E-state index contributed by atoms with van der Waals surface area (Å²) in [5, 5.41) is 1.62. The molecule has 2 aromatic rings. The number of benzene rings is 2. The van der Waals surface area contributed by atoms with Crippen LogP contribution in [0.4, 0.5) is 0 Å². The first kappa shape index (κ1) is 16.0. The van der Waals surface area contributed by atoms with E-state index in [4.69, 9.17) is 12.2 Å². The molecule has 23 heavy (non-hydrogen) atoms. The van der Waals surface area contributed by atoms with E-state index in [9.17, 15) is 4.79 Å². The Hall–Kier alpha value is -1.84. The fraction of sp³-hybridized carbons (Fsp3) is 0.300. The second kappa shape index (κ2) is 7.62. The van der Waals surface area contributed by atoms with Crippen LogP contribution in [-0.4, -0.2) is 29.1 Å². The topological polar surface area (TPSA) is 20.3 Å². The van der Waals surface area contributed by atoms with E-state index in [1.165, 1.54) is 19.3 Å². The van der Waals surface area contributed by atoms with Crippen molar-refractivity contribution in [2.45, 2.75) is 25.8 Å². The van der Waals surface area contributed by atoms with Gasteiger partial charge in [-0.3, -0.25) is 9.69 Å². The Morgan fingerprint density at radius 1 is 1.00 bits per heavy atom. The van der Waals surface area contributed by atoms with E-state index < -0.39 is 0 Å². The minimum absolute atomic E-state index is 0.0912. The molecule has 0 unspecified atom stereocenters. The monoisotopic (exact) mass is 323 g/mol. The third-order valence-corrected chi connectivity index (χ3v) is 4.69. The van der Waals surface area contributed by atoms with Crippen molar-refractivity contribution in [1.29, 1.82) is 0 Å². The fourth-order valence-corrected chi connectivity index (χ4v) is 3.26. The highest BCUT2D eigenvalue weighted by Gasteiger charge is 2.16. The number of nitrogens with zero attached hydrogens (tertiary/aromatic N) is 1. The van der Waals surface area contributed by atoms with Gasteiger partial charge in [-0.1, -0.05) is 67.2 Å². The van der Waals surface area contributed by atoms with Crippen LogP contribution in [0.2, 0.25) is 0 Å². The maximum atomic E-state index is 12.9. The molecule has 2 nitrogen and oxygen atoms in total. The number of hydrogen-bond acceptors (Lipinski definition) is 3. The van der Waals surface area contributed by atoms with Crippen LogP contribution in [0.15, 0.2) is 48.5 Å². The Kier molecular flexibility index (Phi) is 5.31. The van der Waals surface area contributed by atoms with E-state index in [-0.39, 0.29) is 5.78 Å². The highest BCUT2D eigenvalue weighted by molar-refractivity contribution is 7.79. The lowest BCUT2D eigenvalue weighted by atomic mass is 9.97. The van der Waals surface area contributed by atoms with Crippen LogP contribution < -0.4 is 0 Å². The molecule has 0 saturated carbocycles. The van der Waals surface area contributed by atoms with Crippen molar-refractivity contribution >= 4 is 23.4 Å². The van der Waals surface area contributed by atoms with Crippen LogP contribution in [0.3, 0.4) is 0 Å². The fourth-order valence-electron chi connectivity index (χ4n) is 3.11. The summed E-state index contributed by atoms with van der Waals surface area (Å²) in [7, 11) is 0. The molecular formula is C20H21NOS. The largest absolute Gasteiger partial charge is 0.299 e. The molecule has 0 N–H and O–H groups in total. The molecule has 0 bridgehead atoms. The van der Waals surface area contributed by atoms with Gasteiger partial charge in [-0.15, -0.1) is 0 Å². The van der Waals surface area contributed by atoms with E-state index in [1.807, 2.05) is 42.5 Å². The number of carbonyl (C=O) groups excluding carboxylic acids is 1. The van der Waals surface area contributed by atoms with Gasteiger partial charge in [-0.05, 0) is 37.1 Å². The predicted octanol–water partition coefficient (Wildman–Crippen LogP) is 4.25. The summed E-state index contributed by atoms with van der Waals surface area (Å²) in [6.07, 6.45) is 3.84. The Balaban J connectivity index is 1.83. The third-order valence-electron chi connectivity index (χ3n) is 4.41. The minimum Gasteiger partial charge on any atom is -0.299 e. The van der Waals surface area contributed by atoms with E-state index >= 15 is 0 Å². The summed E-state index contributed by atoms with van der Waals surface area (Å²) < 4.78 is 0. The summed E-state index contributed by atoms with van der Waals surface area (Å²) in [6, 6.07) is 15.5. The summed E-state index contributed by atoms with van der Waals surface area (Å²) in [4.78, 5) is 15.3. The van der Waals surface area contributed by atoms with Gasteiger partial charge in [0, 0.05) is 23.0 Å². The van der Waals surface area contributed by atoms with Crippen molar-refractivity contribution < 1.29 is 4.79 Å². The number of hydrogen-bond donors (Lipinski definition) is 0. The van der Waals surface area contributed by atoms with Gasteiger partial charge < -0.3 is 0 Å². The summed E-state index contributed by atoms with van der Waals surface area (Å²) in [5.74, 6) is 0.0912. The van der Waals surface area contributed by atoms with Crippen molar-refractivity contribution in [3.63, 3.8) is 0 Å². The van der Waals surface area contributed by atoms with Crippen molar-refractivity contribution in [3.8, 4) is 0 Å². The van der Waals surface area contributed by atoms with Crippen molar-refractivity contribution in [2.75, 3.05) is 13.1 Å². The van der Waals surface area contributed by atoms with E-state index in [1.54, 1.807) is 5.37 Å². The van der Waals surface area contributed by atoms with Crippen molar-refractivity contribution in [1.82, 2.24) is 4.90 Å². The van der Waals surface area contributed by atoms with Crippen molar-refractivity contribution in [2.24, 2.45) is 0 Å². The number of ketones is 1. The maximum Gasteiger partial charge on any atom is 0.193 e. The Labute approximate surface area is 143 Å². The molecule has 0 amide bonds.